The van der Waals surface area contributed by atoms with Gasteiger partial charge in [0.15, 0.2) is 0 Å². The number of para-hydroxylation sites is 9. The Balaban J connectivity index is 0.000000147. The minimum Gasteiger partial charge on any atom is -0.310 e. The van der Waals surface area contributed by atoms with Crippen molar-refractivity contribution in [2.45, 2.75) is 0 Å². The zero-order valence-corrected chi connectivity index (χ0v) is 68.8. The molecular formula is C114H76N6S3. The number of nitrogens with zero attached hydrogens (tertiary/aromatic N) is 6. The third-order valence-electron chi connectivity index (χ3n) is 23.6. The van der Waals surface area contributed by atoms with Crippen LogP contribution in [0.3, 0.4) is 0 Å². The van der Waals surface area contributed by atoms with Gasteiger partial charge in [-0.3, -0.25) is 0 Å². The van der Waals surface area contributed by atoms with E-state index in [0.717, 1.165) is 72.8 Å². The second-order valence-electron chi connectivity index (χ2n) is 30.8. The summed E-state index contributed by atoms with van der Waals surface area (Å²) in [6, 6.07) is 151. The summed E-state index contributed by atoms with van der Waals surface area (Å²) in [7, 11) is 0. The van der Waals surface area contributed by atoms with Gasteiger partial charge in [0.1, 0.15) is 0 Å². The van der Waals surface area contributed by atoms with E-state index in [9.17, 15) is 0 Å². The molecule has 9 heteroatoms. The lowest BCUT2D eigenvalue weighted by Crippen LogP contribution is -2.13. The van der Waals surface area contributed by atoms with Crippen LogP contribution in [-0.4, -0.2) is 9.13 Å². The molecule has 0 radical (unpaired) electrons. The predicted octanol–water partition coefficient (Wildman–Crippen LogP) is 33.9. The van der Waals surface area contributed by atoms with Crippen LogP contribution in [0.25, 0.3) is 138 Å². The van der Waals surface area contributed by atoms with Gasteiger partial charge < -0.3 is 28.7 Å². The summed E-state index contributed by atoms with van der Waals surface area (Å²) in [6.45, 7) is 0. The number of benzene rings is 19. The SMILES string of the molecule is [2H]c1c([2H])c([2H])c(N(c2ccccc2)c2cccc(N(c3ccccc3)c3ccc4c(c3)sc3cc(-c5ccc6c(c5)c5ccccc5n6-c5ccccc5)ccc34)c2)c([2H])c1[2H].c1ccc(N(c2ccccc2)c2cccc(N(c3ccc4c(c3)sc3cccc(-c5ccc6c7ccccc7n(-c7ccccc7)c6c5)c34)c3ccc4sc5ccccc5c4c3)c2)cc1. The van der Waals surface area contributed by atoms with Crippen LogP contribution in [0, 0.1) is 0 Å². The Morgan fingerprint density at radius 3 is 1.15 bits per heavy atom. The Morgan fingerprint density at radius 2 is 0.545 bits per heavy atom. The van der Waals surface area contributed by atoms with E-state index in [1.165, 1.54) is 116 Å². The number of aromatic nitrogens is 2. The van der Waals surface area contributed by atoms with E-state index in [2.05, 4.69) is 382 Å². The van der Waals surface area contributed by atoms with E-state index in [1.54, 1.807) is 16.2 Å². The van der Waals surface area contributed by atoms with Gasteiger partial charge in [0, 0.05) is 162 Å². The van der Waals surface area contributed by atoms with Crippen LogP contribution in [-0.2, 0) is 0 Å². The summed E-state index contributed by atoms with van der Waals surface area (Å²) in [5.74, 6) is 0. The van der Waals surface area contributed by atoms with Crippen molar-refractivity contribution in [2.24, 2.45) is 0 Å². The lowest BCUT2D eigenvalue weighted by molar-refractivity contribution is 1.18. The first kappa shape index (κ1) is 67.5. The lowest BCUT2D eigenvalue weighted by Gasteiger charge is -2.29. The molecule has 0 aliphatic rings. The third kappa shape index (κ3) is 13.2. The fourth-order valence-corrected chi connectivity index (χ4v) is 21.5. The van der Waals surface area contributed by atoms with Crippen LogP contribution < -0.4 is 19.6 Å². The van der Waals surface area contributed by atoms with Gasteiger partial charge in [-0.1, -0.05) is 249 Å². The molecule has 0 aliphatic heterocycles. The highest BCUT2D eigenvalue weighted by molar-refractivity contribution is 7.26. The molecule has 0 N–H and O–H groups in total. The van der Waals surface area contributed by atoms with Crippen molar-refractivity contribution in [3.8, 4) is 33.6 Å². The van der Waals surface area contributed by atoms with E-state index >= 15 is 0 Å². The topological polar surface area (TPSA) is 22.8 Å². The molecule has 24 aromatic rings. The van der Waals surface area contributed by atoms with Crippen molar-refractivity contribution >= 4 is 206 Å². The zero-order chi connectivity index (χ0) is 85.6. The maximum absolute atomic E-state index is 8.92. The fourth-order valence-electron chi connectivity index (χ4n) is 18.1. The van der Waals surface area contributed by atoms with Gasteiger partial charge in [0.2, 0.25) is 0 Å². The monoisotopic (exact) mass is 1630 g/mol. The van der Waals surface area contributed by atoms with Gasteiger partial charge in [-0.05, 0) is 235 Å². The number of hydrogen-bond acceptors (Lipinski definition) is 7. The average molecular weight is 1630 g/mol. The molecule has 0 atom stereocenters. The average Bonchev–Trinajstić information content (AvgIpc) is 1.47. The van der Waals surface area contributed by atoms with E-state index in [-0.39, 0.29) is 29.9 Å². The van der Waals surface area contributed by atoms with Crippen molar-refractivity contribution in [2.75, 3.05) is 19.6 Å². The molecule has 0 unspecified atom stereocenters. The molecule has 5 heterocycles. The van der Waals surface area contributed by atoms with Crippen molar-refractivity contribution in [3.05, 3.63) is 461 Å². The highest BCUT2D eigenvalue weighted by atomic mass is 32.1. The van der Waals surface area contributed by atoms with Crippen molar-refractivity contribution in [1.82, 2.24) is 9.13 Å². The van der Waals surface area contributed by atoms with Crippen molar-refractivity contribution in [3.63, 3.8) is 0 Å². The largest absolute Gasteiger partial charge is 0.310 e. The molecule has 0 amide bonds. The van der Waals surface area contributed by atoms with Gasteiger partial charge >= 0.3 is 0 Å². The number of hydrogen-bond donors (Lipinski definition) is 0. The molecule has 0 saturated heterocycles. The van der Waals surface area contributed by atoms with Gasteiger partial charge in [-0.2, -0.15) is 0 Å². The maximum atomic E-state index is 8.92. The number of thiophene rings is 3. The van der Waals surface area contributed by atoms with Crippen LogP contribution in [0.2, 0.25) is 0 Å². The Morgan fingerprint density at radius 1 is 0.187 bits per heavy atom. The summed E-state index contributed by atoms with van der Waals surface area (Å²) in [5.41, 5.74) is 22.7. The van der Waals surface area contributed by atoms with Crippen LogP contribution >= 0.6 is 34.0 Å². The Hall–Kier alpha value is -15.4. The van der Waals surface area contributed by atoms with Crippen LogP contribution in [0.4, 0.5) is 68.2 Å². The molecule has 19 aromatic carbocycles. The molecule has 6 nitrogen and oxygen atoms in total. The minimum absolute atomic E-state index is 0.0838. The fraction of sp³-hybridized carbons (Fsp3) is 0. The van der Waals surface area contributed by atoms with E-state index in [0.29, 0.717) is 11.4 Å². The molecule has 0 aliphatic carbocycles. The second kappa shape index (κ2) is 31.1. The number of rotatable bonds is 16. The first-order valence-corrected chi connectivity index (χ1v) is 43.7. The first-order chi connectivity index (χ1) is 63.1. The second-order valence-corrected chi connectivity index (χ2v) is 34.0. The highest BCUT2D eigenvalue weighted by Crippen LogP contribution is 2.50. The normalized spacial score (nSPS) is 12.1. The summed E-state index contributed by atoms with van der Waals surface area (Å²) in [4.78, 5) is 8.72. The summed E-state index contributed by atoms with van der Waals surface area (Å²) >= 11 is 5.50. The van der Waals surface area contributed by atoms with E-state index in [4.69, 9.17) is 6.85 Å². The highest BCUT2D eigenvalue weighted by Gasteiger charge is 2.25. The van der Waals surface area contributed by atoms with E-state index < -0.39 is 6.04 Å². The van der Waals surface area contributed by atoms with Crippen LogP contribution in [0.5, 0.6) is 0 Å². The third-order valence-corrected chi connectivity index (χ3v) is 26.9. The quantitative estimate of drug-likeness (QED) is 0.0962. The summed E-state index contributed by atoms with van der Waals surface area (Å²) < 4.78 is 55.3. The van der Waals surface area contributed by atoms with Gasteiger partial charge in [-0.25, -0.2) is 0 Å². The Kier molecular flexibility index (Phi) is 17.1. The minimum atomic E-state index is -0.427. The molecular weight excluding hydrogens is 1550 g/mol. The Bertz CT molecular complexity index is 8360. The standard InChI is InChI=1S/C60H39N3S2.C54H37N3S/c1-4-16-41(17-5-1)61(42-18-6-2-7-19-42)44-22-14-23-45(37-44)62(46-32-35-57-53(38-46)51-25-11-13-28-56(51)64-57)47-31-34-52-59(39-47)65-58-29-15-26-48(60(52)58)40-30-33-50-49-24-10-12-27-54(49)63(55(50)36-40)43-20-8-3-9-21-43;1-5-16-40(17-6-1)55(41-18-7-2-8-19-41)44-24-15-25-45(36-44)56(42-20-9-3-10-21-42)46-30-32-49-48-31-28-39(35-53(48)58-54(49)37-46)38-29-33-52-50(34-38)47-26-13-14-27-51(47)57(52)43-22-11-4-12-23-43/h1-39H;1-37H/i;1D,5D,6D,16D,17D. The molecule has 580 valence electrons. The van der Waals surface area contributed by atoms with Crippen LogP contribution in [0.15, 0.2) is 461 Å². The molecule has 24 rings (SSSR count). The molecule has 5 aromatic heterocycles. The zero-order valence-electron chi connectivity index (χ0n) is 71.4. The molecule has 0 fully saturated rings. The van der Waals surface area contributed by atoms with E-state index in [1.807, 2.05) is 95.5 Å². The lowest BCUT2D eigenvalue weighted by atomic mass is 9.98. The summed E-state index contributed by atoms with van der Waals surface area (Å²) in [5, 5.41) is 12.5. The molecule has 123 heavy (non-hydrogen) atoms. The first-order valence-electron chi connectivity index (χ1n) is 43.8. The van der Waals surface area contributed by atoms with Gasteiger partial charge in [0.05, 0.1) is 28.9 Å². The van der Waals surface area contributed by atoms with Crippen molar-refractivity contribution in [1.29, 1.82) is 0 Å². The van der Waals surface area contributed by atoms with Crippen LogP contribution in [0.1, 0.15) is 6.85 Å². The van der Waals surface area contributed by atoms with Gasteiger partial charge in [0.25, 0.3) is 0 Å². The predicted molar refractivity (Wildman–Crippen MR) is 530 cm³/mol. The molecule has 0 saturated carbocycles. The molecule has 0 spiro atoms. The smallest absolute Gasteiger partial charge is 0.0645 e. The Labute approximate surface area is 731 Å². The summed E-state index contributed by atoms with van der Waals surface area (Å²) in [6.07, 6.45) is 0. The van der Waals surface area contributed by atoms with Gasteiger partial charge in [-0.15, -0.1) is 34.0 Å². The molecule has 0 bridgehead atoms. The number of anilines is 12. The number of fused-ring (bicyclic) bond motifs is 15. The van der Waals surface area contributed by atoms with Crippen molar-refractivity contribution < 1.29 is 6.85 Å². The maximum Gasteiger partial charge on any atom is 0.0645 e.